The molecule has 2 aromatic carbocycles. The van der Waals surface area contributed by atoms with E-state index in [1.807, 2.05) is 54.6 Å². The van der Waals surface area contributed by atoms with E-state index in [-0.39, 0.29) is 11.6 Å². The normalized spacial score (nSPS) is 18.8. The van der Waals surface area contributed by atoms with Gasteiger partial charge in [-0.15, -0.1) is 0 Å². The number of ether oxygens (including phenoxy) is 1. The second-order valence-electron chi connectivity index (χ2n) is 10.5. The Bertz CT molecular complexity index is 1350. The fraction of sp³-hybridized carbons (Fsp3) is 0.310. The maximum Gasteiger partial charge on any atom is 0.329 e. The molecule has 184 valence electrons. The van der Waals surface area contributed by atoms with Crippen molar-refractivity contribution in [2.75, 3.05) is 5.32 Å². The van der Waals surface area contributed by atoms with Crippen LogP contribution in [0.1, 0.15) is 53.5 Å². The molecule has 0 saturated heterocycles. The van der Waals surface area contributed by atoms with Gasteiger partial charge in [-0.25, -0.2) is 4.79 Å². The number of anilines is 1. The van der Waals surface area contributed by atoms with E-state index in [9.17, 15) is 14.4 Å². The number of aromatic nitrogens is 1. The number of hydrogen-bond donors (Lipinski definition) is 2. The first-order valence-electron chi connectivity index (χ1n) is 12.1. The Balaban J connectivity index is 1.37. The summed E-state index contributed by atoms with van der Waals surface area (Å²) in [7, 11) is 0. The number of amides is 2. The molecule has 1 aliphatic carbocycles. The number of benzene rings is 2. The van der Waals surface area contributed by atoms with E-state index in [1.165, 1.54) is 0 Å². The highest BCUT2D eigenvalue weighted by Gasteiger charge is 2.50. The fourth-order valence-corrected chi connectivity index (χ4v) is 5.06. The number of carbonyl (C=O) groups is 3. The van der Waals surface area contributed by atoms with Crippen molar-refractivity contribution in [3.8, 4) is 0 Å². The van der Waals surface area contributed by atoms with Gasteiger partial charge in [-0.3, -0.25) is 14.6 Å². The third-order valence-electron chi connectivity index (χ3n) is 6.70. The minimum absolute atomic E-state index is 0.0289. The predicted octanol–water partition coefficient (Wildman–Crippen LogP) is 3.75. The molecule has 2 N–H and O–H groups in total. The highest BCUT2D eigenvalue weighted by atomic mass is 16.6. The van der Waals surface area contributed by atoms with Crippen LogP contribution in [0.2, 0.25) is 0 Å². The van der Waals surface area contributed by atoms with E-state index in [2.05, 4.69) is 15.6 Å². The van der Waals surface area contributed by atoms with Gasteiger partial charge < -0.3 is 15.4 Å². The van der Waals surface area contributed by atoms with Crippen LogP contribution in [0.15, 0.2) is 66.9 Å². The van der Waals surface area contributed by atoms with Gasteiger partial charge in [-0.1, -0.05) is 48.5 Å². The molecule has 0 bridgehead atoms. The molecule has 1 spiro atoms. The zero-order valence-electron chi connectivity index (χ0n) is 20.6. The summed E-state index contributed by atoms with van der Waals surface area (Å²) in [6, 6.07) is 18.1. The minimum Gasteiger partial charge on any atom is -0.458 e. The predicted molar refractivity (Wildman–Crippen MR) is 136 cm³/mol. The smallest absolute Gasteiger partial charge is 0.329 e. The fourth-order valence-electron chi connectivity index (χ4n) is 5.06. The molecule has 36 heavy (non-hydrogen) atoms. The third kappa shape index (κ3) is 4.49. The van der Waals surface area contributed by atoms with Gasteiger partial charge in [0.1, 0.15) is 17.3 Å². The lowest BCUT2D eigenvalue weighted by molar-refractivity contribution is -0.157. The Morgan fingerprint density at radius 3 is 2.50 bits per heavy atom. The van der Waals surface area contributed by atoms with E-state index in [1.54, 1.807) is 33.0 Å². The summed E-state index contributed by atoms with van der Waals surface area (Å²) in [6.07, 6.45) is 3.00. The molecule has 1 aliphatic heterocycles. The molecule has 1 aromatic heterocycles. The van der Waals surface area contributed by atoms with Crippen LogP contribution in [-0.2, 0) is 39.0 Å². The molecule has 0 fully saturated rings. The number of nitrogens with zero attached hydrogens (tertiary/aromatic N) is 1. The van der Waals surface area contributed by atoms with E-state index in [0.29, 0.717) is 19.3 Å². The minimum atomic E-state index is -0.868. The number of esters is 1. The highest BCUT2D eigenvalue weighted by molar-refractivity contribution is 6.07. The van der Waals surface area contributed by atoms with Gasteiger partial charge in [-0.2, -0.15) is 0 Å². The number of pyridine rings is 1. The summed E-state index contributed by atoms with van der Waals surface area (Å²) in [5.74, 6) is -0.986. The van der Waals surface area contributed by atoms with Crippen molar-refractivity contribution in [1.29, 1.82) is 0 Å². The molecular weight excluding hydrogens is 454 g/mol. The van der Waals surface area contributed by atoms with Gasteiger partial charge >= 0.3 is 5.97 Å². The molecule has 3 aromatic rings. The van der Waals surface area contributed by atoms with Gasteiger partial charge in [0, 0.05) is 18.3 Å². The summed E-state index contributed by atoms with van der Waals surface area (Å²) < 4.78 is 5.57. The Hall–Kier alpha value is -4.00. The number of rotatable bonds is 5. The molecule has 7 heteroatoms. The van der Waals surface area contributed by atoms with Crippen molar-refractivity contribution < 1.29 is 19.1 Å². The van der Waals surface area contributed by atoms with Gasteiger partial charge in [-0.05, 0) is 68.0 Å². The van der Waals surface area contributed by atoms with Crippen LogP contribution in [0.3, 0.4) is 0 Å². The van der Waals surface area contributed by atoms with Crippen LogP contribution in [-0.4, -0.2) is 34.4 Å². The van der Waals surface area contributed by atoms with Crippen molar-refractivity contribution in [3.05, 3.63) is 94.8 Å². The summed E-state index contributed by atoms with van der Waals surface area (Å²) in [4.78, 5) is 43.5. The second kappa shape index (κ2) is 8.90. The number of carbonyl (C=O) groups excluding carboxylic acids is 3. The lowest BCUT2D eigenvalue weighted by Crippen LogP contribution is -2.45. The highest BCUT2D eigenvalue weighted by Crippen LogP contribution is 2.47. The van der Waals surface area contributed by atoms with Crippen molar-refractivity contribution in [2.45, 2.75) is 57.1 Å². The first-order chi connectivity index (χ1) is 17.1. The molecule has 0 radical (unpaired) electrons. The molecule has 7 nitrogen and oxygen atoms in total. The SMILES string of the molecule is CC(C)(C)OC(=O)[C@@H](Cc1ccccc1)NC(=O)c1cc2c(cn1)CC1(C2)C(=O)Nc2ccccc21. The van der Waals surface area contributed by atoms with E-state index in [0.717, 1.165) is 27.9 Å². The first-order valence-corrected chi connectivity index (χ1v) is 12.1. The van der Waals surface area contributed by atoms with Gasteiger partial charge in [0.05, 0.1) is 5.41 Å². The van der Waals surface area contributed by atoms with Crippen molar-refractivity contribution >= 4 is 23.5 Å². The first kappa shape index (κ1) is 23.7. The molecule has 2 amide bonds. The molecule has 0 saturated carbocycles. The molecular formula is C29H29N3O4. The molecule has 2 atom stereocenters. The third-order valence-corrected chi connectivity index (χ3v) is 6.70. The van der Waals surface area contributed by atoms with Gasteiger partial charge in [0.2, 0.25) is 5.91 Å². The molecule has 5 rings (SSSR count). The van der Waals surface area contributed by atoms with Crippen LogP contribution in [0.25, 0.3) is 0 Å². The van der Waals surface area contributed by atoms with Crippen LogP contribution in [0.5, 0.6) is 0 Å². The monoisotopic (exact) mass is 483 g/mol. The van der Waals surface area contributed by atoms with E-state index < -0.39 is 28.9 Å². The molecule has 2 aliphatic rings. The van der Waals surface area contributed by atoms with Crippen LogP contribution >= 0.6 is 0 Å². The van der Waals surface area contributed by atoms with Gasteiger partial charge in [0.25, 0.3) is 5.91 Å². The van der Waals surface area contributed by atoms with Crippen LogP contribution in [0, 0.1) is 0 Å². The van der Waals surface area contributed by atoms with Crippen LogP contribution < -0.4 is 10.6 Å². The average molecular weight is 484 g/mol. The quantitative estimate of drug-likeness (QED) is 0.539. The Morgan fingerprint density at radius 1 is 1.06 bits per heavy atom. The van der Waals surface area contributed by atoms with Crippen molar-refractivity contribution in [2.24, 2.45) is 0 Å². The lowest BCUT2D eigenvalue weighted by Gasteiger charge is -2.24. The summed E-state index contributed by atoms with van der Waals surface area (Å²) in [6.45, 7) is 5.38. The maximum atomic E-state index is 13.2. The Labute approximate surface area is 210 Å². The molecule has 1 unspecified atom stereocenters. The summed E-state index contributed by atoms with van der Waals surface area (Å²) in [5.41, 5.74) is 3.43. The average Bonchev–Trinajstić information content (AvgIpc) is 3.35. The number of para-hydroxylation sites is 1. The Kier molecular flexibility index (Phi) is 5.86. The lowest BCUT2D eigenvalue weighted by atomic mass is 9.79. The summed E-state index contributed by atoms with van der Waals surface area (Å²) >= 11 is 0. The number of hydrogen-bond acceptors (Lipinski definition) is 5. The zero-order valence-corrected chi connectivity index (χ0v) is 20.6. The van der Waals surface area contributed by atoms with Crippen molar-refractivity contribution in [1.82, 2.24) is 10.3 Å². The van der Waals surface area contributed by atoms with Gasteiger partial charge in [0.15, 0.2) is 0 Å². The largest absolute Gasteiger partial charge is 0.458 e. The zero-order chi connectivity index (χ0) is 25.5. The second-order valence-corrected chi connectivity index (χ2v) is 10.5. The summed E-state index contributed by atoms with van der Waals surface area (Å²) in [5, 5.41) is 5.82. The maximum absolute atomic E-state index is 13.2. The van der Waals surface area contributed by atoms with E-state index >= 15 is 0 Å². The topological polar surface area (TPSA) is 97.4 Å². The number of fused-ring (bicyclic) bond motifs is 3. The van der Waals surface area contributed by atoms with E-state index in [4.69, 9.17) is 4.74 Å². The Morgan fingerprint density at radius 2 is 1.75 bits per heavy atom. The number of nitrogens with one attached hydrogen (secondary N) is 2. The molecule has 2 heterocycles. The standard InChI is InChI=1S/C29H29N3O4/c1-28(2,3)36-26(34)24(13-18-9-5-4-6-10-18)31-25(33)23-14-19-15-29(16-20(19)17-30-23)21-11-7-8-12-22(21)32-27(29)35/h4-12,14,17,24H,13,15-16H2,1-3H3,(H,31,33)(H,32,35)/t24-,29?/m1/s1. The van der Waals surface area contributed by atoms with Crippen LogP contribution in [0.4, 0.5) is 5.69 Å². The van der Waals surface area contributed by atoms with Crippen molar-refractivity contribution in [3.63, 3.8) is 0 Å².